The lowest BCUT2D eigenvalue weighted by Gasteiger charge is -2.30. The van der Waals surface area contributed by atoms with Crippen molar-refractivity contribution in [3.05, 3.63) is 11.2 Å². The molecule has 2 rings (SSSR count). The number of likely N-dealkylation sites (tertiary alicyclic amines) is 1. The van der Waals surface area contributed by atoms with Crippen LogP contribution in [0.3, 0.4) is 0 Å². The van der Waals surface area contributed by atoms with Gasteiger partial charge in [-0.2, -0.15) is 0 Å². The number of carbonyl (C=O) groups is 1. The number of carbonyl (C=O) groups excluding carboxylic acids is 1. The Morgan fingerprint density at radius 1 is 1.40 bits per heavy atom. The van der Waals surface area contributed by atoms with Gasteiger partial charge in [0.25, 0.3) is 0 Å². The maximum absolute atomic E-state index is 13.1. The van der Waals surface area contributed by atoms with Crippen LogP contribution >= 0.6 is 0 Å². The zero-order chi connectivity index (χ0) is 14.8. The Labute approximate surface area is 121 Å². The van der Waals surface area contributed by atoms with Crippen LogP contribution in [0.2, 0.25) is 0 Å². The predicted octanol–water partition coefficient (Wildman–Crippen LogP) is 1.21. The van der Waals surface area contributed by atoms with E-state index in [0.29, 0.717) is 13.2 Å². The summed E-state index contributed by atoms with van der Waals surface area (Å²) in [5.74, 6) is 3.45. The molecule has 1 fully saturated rings. The van der Waals surface area contributed by atoms with Crippen LogP contribution in [0.1, 0.15) is 33.1 Å². The molecule has 1 saturated heterocycles. The topological polar surface area (TPSA) is 49.9 Å². The van der Waals surface area contributed by atoms with Crippen LogP contribution < -0.4 is 0 Å². The third kappa shape index (κ3) is 2.66. The Morgan fingerprint density at radius 2 is 2.05 bits per heavy atom. The Balaban J connectivity index is 2.28. The average molecular weight is 300 g/mol. The van der Waals surface area contributed by atoms with E-state index in [9.17, 15) is 9.00 Å². The molecular formula is C14H24N2O3S. The summed E-state index contributed by atoms with van der Waals surface area (Å²) in [5.41, 5.74) is 0. The maximum atomic E-state index is 13.1. The Hall–Kier alpha value is -1.17. The molecule has 0 bridgehead atoms. The van der Waals surface area contributed by atoms with E-state index in [4.69, 9.17) is 4.74 Å². The summed E-state index contributed by atoms with van der Waals surface area (Å²) in [7, 11) is -2.67. The van der Waals surface area contributed by atoms with Gasteiger partial charge < -0.3 is 14.5 Å². The molecule has 0 N–H and O–H groups in total. The normalized spacial score (nSPS) is 30.3. The minimum absolute atomic E-state index is 0.293. The molecule has 5 nitrogen and oxygen atoms in total. The van der Waals surface area contributed by atoms with Crippen LogP contribution in [0.25, 0.3) is 0 Å². The van der Waals surface area contributed by atoms with Gasteiger partial charge in [0.1, 0.15) is 5.03 Å². The molecule has 0 amide bonds. The molecule has 0 aromatic rings. The fraction of sp³-hybridized carbons (Fsp3) is 0.714. The van der Waals surface area contributed by atoms with Crippen LogP contribution in [0.4, 0.5) is 0 Å². The predicted molar refractivity (Wildman–Crippen MR) is 81.6 cm³/mol. The number of likely N-dealkylation sites (N-methyl/N-ethyl adjacent to an activating group) is 1. The highest BCUT2D eigenvalue weighted by molar-refractivity contribution is 8.05. The van der Waals surface area contributed by atoms with Crippen molar-refractivity contribution in [1.29, 1.82) is 0 Å². The van der Waals surface area contributed by atoms with Crippen molar-refractivity contribution in [3.8, 4) is 0 Å². The van der Waals surface area contributed by atoms with Gasteiger partial charge in [-0.25, -0.2) is 4.79 Å². The van der Waals surface area contributed by atoms with Crippen LogP contribution in [0.5, 0.6) is 0 Å². The quantitative estimate of drug-likeness (QED) is 0.577. The van der Waals surface area contributed by atoms with Crippen molar-refractivity contribution in [1.82, 2.24) is 9.80 Å². The summed E-state index contributed by atoms with van der Waals surface area (Å²) in [6.45, 7) is 6.40. The number of ether oxygens (including phenoxy) is 1. The number of rotatable bonds is 4. The van der Waals surface area contributed by atoms with Crippen molar-refractivity contribution >= 4 is 21.4 Å². The smallest absolute Gasteiger partial charge is 0.341 e. The molecule has 0 aromatic carbocycles. The van der Waals surface area contributed by atoms with E-state index in [1.807, 2.05) is 13.1 Å². The lowest BCUT2D eigenvalue weighted by atomic mass is 10.1. The largest absolute Gasteiger partial charge is 0.464 e. The van der Waals surface area contributed by atoms with Gasteiger partial charge in [-0.15, -0.1) is 0 Å². The zero-order valence-electron chi connectivity index (χ0n) is 12.3. The molecule has 2 atom stereocenters. The summed E-state index contributed by atoms with van der Waals surface area (Å²) < 4.78 is 18.1. The van der Waals surface area contributed by atoms with Gasteiger partial charge in [0.2, 0.25) is 5.37 Å². The van der Waals surface area contributed by atoms with Crippen molar-refractivity contribution in [2.45, 2.75) is 38.5 Å². The fourth-order valence-corrected chi connectivity index (χ4v) is 5.00. The molecule has 6 heteroatoms. The van der Waals surface area contributed by atoms with Gasteiger partial charge in [0.15, 0.2) is 0 Å². The molecule has 0 radical (unpaired) electrons. The third-order valence-corrected chi connectivity index (χ3v) is 6.07. The molecule has 2 aliphatic rings. The minimum Gasteiger partial charge on any atom is -0.464 e. The second-order valence-electron chi connectivity index (χ2n) is 5.18. The highest BCUT2D eigenvalue weighted by atomic mass is 32.2. The molecule has 2 unspecified atom stereocenters. The highest BCUT2D eigenvalue weighted by Gasteiger charge is 2.42. The van der Waals surface area contributed by atoms with Gasteiger partial charge in [0, 0.05) is 35.4 Å². The van der Waals surface area contributed by atoms with Crippen molar-refractivity contribution in [2.24, 2.45) is 0 Å². The number of nitrogens with zero attached hydrogens (tertiary/aromatic N) is 2. The first-order valence-electron chi connectivity index (χ1n) is 7.27. The van der Waals surface area contributed by atoms with Gasteiger partial charge in [0.05, 0.1) is 6.61 Å². The van der Waals surface area contributed by atoms with Gasteiger partial charge in [-0.1, -0.05) is 0 Å². The minimum atomic E-state index is -2.67. The van der Waals surface area contributed by atoms with Crippen molar-refractivity contribution in [2.75, 3.05) is 26.2 Å². The number of esters is 1. The SMILES string of the molecule is C=S1(=O)C(N2CCCCC2)=CN(CC)C1C(=O)OCC. The lowest BCUT2D eigenvalue weighted by molar-refractivity contribution is -0.145. The van der Waals surface area contributed by atoms with Gasteiger partial charge >= 0.3 is 5.97 Å². The number of hydrogen-bond acceptors (Lipinski definition) is 5. The molecule has 0 spiro atoms. The standard InChI is InChI=1S/C14H24N2O3S/c1-4-15-11-12(16-9-7-6-8-10-16)20(3,18)13(15)14(17)19-5-2/h11,13H,3-10H2,1-2H3. The first-order chi connectivity index (χ1) is 9.52. The fourth-order valence-electron chi connectivity index (χ4n) is 2.81. The van der Waals surface area contributed by atoms with E-state index in [1.54, 1.807) is 11.8 Å². The van der Waals surface area contributed by atoms with E-state index in [2.05, 4.69) is 10.8 Å². The van der Waals surface area contributed by atoms with Crippen LogP contribution in [0, 0.1) is 0 Å². The summed E-state index contributed by atoms with van der Waals surface area (Å²) in [6.07, 6.45) is 5.26. The molecule has 2 aliphatic heterocycles. The van der Waals surface area contributed by atoms with E-state index in [-0.39, 0.29) is 0 Å². The second kappa shape index (κ2) is 6.08. The summed E-state index contributed by atoms with van der Waals surface area (Å²) in [4.78, 5) is 16.1. The molecule has 0 saturated carbocycles. The molecular weight excluding hydrogens is 276 g/mol. The third-order valence-electron chi connectivity index (χ3n) is 3.81. The summed E-state index contributed by atoms with van der Waals surface area (Å²) in [6, 6.07) is 0. The van der Waals surface area contributed by atoms with Crippen LogP contribution in [-0.2, 0) is 19.1 Å². The Morgan fingerprint density at radius 3 is 2.60 bits per heavy atom. The van der Waals surface area contributed by atoms with E-state index >= 15 is 0 Å². The van der Waals surface area contributed by atoms with Gasteiger partial charge in [-0.05, 0) is 39.0 Å². The molecule has 0 aromatic heterocycles. The van der Waals surface area contributed by atoms with Gasteiger partial charge in [-0.3, -0.25) is 4.21 Å². The zero-order valence-corrected chi connectivity index (χ0v) is 13.2. The lowest BCUT2D eigenvalue weighted by Crippen LogP contribution is -2.42. The summed E-state index contributed by atoms with van der Waals surface area (Å²) in [5, 5.41) is -0.0542. The van der Waals surface area contributed by atoms with E-state index in [1.165, 1.54) is 6.42 Å². The average Bonchev–Trinajstić information content (AvgIpc) is 2.71. The van der Waals surface area contributed by atoms with E-state index in [0.717, 1.165) is 31.0 Å². The summed E-state index contributed by atoms with van der Waals surface area (Å²) >= 11 is 0. The highest BCUT2D eigenvalue weighted by Crippen LogP contribution is 2.31. The molecule has 2 heterocycles. The molecule has 20 heavy (non-hydrogen) atoms. The molecule has 0 aliphatic carbocycles. The monoisotopic (exact) mass is 300 g/mol. The van der Waals surface area contributed by atoms with Crippen molar-refractivity contribution < 1.29 is 13.7 Å². The Bertz CT molecular complexity index is 493. The number of piperidine rings is 1. The molecule has 114 valence electrons. The first-order valence-corrected chi connectivity index (χ1v) is 9.06. The van der Waals surface area contributed by atoms with Crippen LogP contribution in [-0.4, -0.2) is 57.5 Å². The van der Waals surface area contributed by atoms with E-state index < -0.39 is 20.9 Å². The number of hydrogen-bond donors (Lipinski definition) is 0. The van der Waals surface area contributed by atoms with Crippen LogP contribution in [0.15, 0.2) is 11.2 Å². The van der Waals surface area contributed by atoms with Crippen molar-refractivity contribution in [3.63, 3.8) is 0 Å². The Kier molecular flexibility index (Phi) is 4.62. The maximum Gasteiger partial charge on any atom is 0.341 e. The first kappa shape index (κ1) is 15.2. The second-order valence-corrected chi connectivity index (χ2v) is 7.49.